The summed E-state index contributed by atoms with van der Waals surface area (Å²) in [5.41, 5.74) is 11.2. The van der Waals surface area contributed by atoms with E-state index in [0.717, 1.165) is 17.5 Å². The highest BCUT2D eigenvalue weighted by atomic mass is 32.2. The highest BCUT2D eigenvalue weighted by Gasteiger charge is 2.27. The molecule has 47 heavy (non-hydrogen) atoms. The molecule has 0 saturated carbocycles. The van der Waals surface area contributed by atoms with Crippen LogP contribution >= 0.6 is 0 Å². The second-order valence-corrected chi connectivity index (χ2v) is 14.5. The van der Waals surface area contributed by atoms with Crippen molar-refractivity contribution < 1.29 is 44.3 Å². The van der Waals surface area contributed by atoms with Gasteiger partial charge in [0.25, 0.3) is 20.2 Å². The maximum atomic E-state index is 12.3. The highest BCUT2D eigenvalue weighted by molar-refractivity contribution is 7.94. The summed E-state index contributed by atoms with van der Waals surface area (Å²) in [6, 6.07) is 11.7. The Kier molecular flexibility index (Phi) is 9.71. The first-order valence-corrected chi connectivity index (χ1v) is 17.5. The summed E-state index contributed by atoms with van der Waals surface area (Å²) >= 11 is 0. The summed E-state index contributed by atoms with van der Waals surface area (Å²) < 4.78 is 92.9. The highest BCUT2D eigenvalue weighted by Crippen LogP contribution is 2.45. The number of hydrogen-bond acceptors (Lipinski definition) is 14. The number of hydrogen-bond donors (Lipinski definition) is 5. The Balaban J connectivity index is 1.83. The lowest BCUT2D eigenvalue weighted by Gasteiger charge is -2.15. The lowest BCUT2D eigenvalue weighted by atomic mass is 10.0. The second-order valence-electron chi connectivity index (χ2n) is 9.87. The Bertz CT molecular complexity index is 2310. The van der Waals surface area contributed by atoms with E-state index >= 15 is 0 Å². The monoisotopic (exact) mass is 702 g/mol. The van der Waals surface area contributed by atoms with Gasteiger partial charge in [-0.25, -0.2) is 8.42 Å². The summed E-state index contributed by atoms with van der Waals surface area (Å²) in [6.07, 6.45) is 0. The third kappa shape index (κ3) is 7.56. The fourth-order valence-electron chi connectivity index (χ4n) is 4.32. The van der Waals surface area contributed by atoms with Crippen molar-refractivity contribution in [2.45, 2.75) is 34.2 Å². The molecule has 19 heteroatoms. The van der Waals surface area contributed by atoms with E-state index in [4.69, 9.17) is 11.5 Å². The molecule has 246 valence electrons. The van der Waals surface area contributed by atoms with Crippen LogP contribution in [0.1, 0.15) is 24.1 Å². The number of aromatic hydroxyl groups is 1. The fraction of sp³-hybridized carbons (Fsp3) is 0.107. The van der Waals surface area contributed by atoms with Gasteiger partial charge in [-0.1, -0.05) is 18.7 Å². The van der Waals surface area contributed by atoms with Gasteiger partial charge in [0.05, 0.1) is 34.5 Å². The number of ketones is 1. The van der Waals surface area contributed by atoms with Crippen molar-refractivity contribution >= 4 is 69.4 Å². The number of nitrogens with zero attached hydrogens (tertiary/aromatic N) is 4. The zero-order chi connectivity index (χ0) is 34.9. The zero-order valence-electron chi connectivity index (χ0n) is 24.2. The number of phenolic OH excluding ortho intramolecular Hbond substituents is 1. The molecule has 0 fully saturated rings. The molecule has 0 aliphatic rings. The Morgan fingerprint density at radius 3 is 1.94 bits per heavy atom. The van der Waals surface area contributed by atoms with Crippen LogP contribution in [-0.2, 0) is 41.4 Å². The van der Waals surface area contributed by atoms with E-state index in [2.05, 4.69) is 27.0 Å². The Morgan fingerprint density at radius 2 is 1.40 bits per heavy atom. The number of fused-ring (bicyclic) bond motifs is 1. The summed E-state index contributed by atoms with van der Waals surface area (Å²) in [5, 5.41) is 26.8. The predicted octanol–water partition coefficient (Wildman–Crippen LogP) is 4.83. The van der Waals surface area contributed by atoms with Gasteiger partial charge in [0, 0.05) is 16.4 Å². The molecule has 0 saturated heterocycles. The molecule has 0 aliphatic carbocycles. The number of Topliss-reactive ketones (excluding diaryl/α,β-unsaturated/α-hetero) is 1. The summed E-state index contributed by atoms with van der Waals surface area (Å²) in [4.78, 5) is 9.64. The van der Waals surface area contributed by atoms with Gasteiger partial charge in [-0.2, -0.15) is 32.2 Å². The maximum Gasteiger partial charge on any atom is 0.296 e. The number of azo groups is 2. The molecule has 0 spiro atoms. The molecule has 1 unspecified atom stereocenters. The third-order valence-corrected chi connectivity index (χ3v) is 9.91. The first kappa shape index (κ1) is 34.9. The molecule has 0 bridgehead atoms. The maximum absolute atomic E-state index is 12.3. The smallest absolute Gasteiger partial charge is 0.296 e. The van der Waals surface area contributed by atoms with Gasteiger partial charge < -0.3 is 16.6 Å². The average molecular weight is 703 g/mol. The van der Waals surface area contributed by atoms with Crippen molar-refractivity contribution in [2.24, 2.45) is 26.2 Å². The molecule has 4 aromatic carbocycles. The normalized spacial score (nSPS) is 13.4. The zero-order valence-corrected chi connectivity index (χ0v) is 26.7. The Morgan fingerprint density at radius 1 is 0.872 bits per heavy atom. The SMILES string of the molecule is C=CS(=O)(=O)c1ccc(N=Nc2c(S(=O)(=O)O)cc3cc(S(=O)(=O)O)c(CN=Nc4ccc(C(N)C(C)=O)cc4)c(O)c3c2N)cc1. The van der Waals surface area contributed by atoms with E-state index in [9.17, 15) is 44.3 Å². The van der Waals surface area contributed by atoms with Crippen LogP contribution in [0.3, 0.4) is 0 Å². The van der Waals surface area contributed by atoms with Gasteiger partial charge in [-0.05, 0) is 66.4 Å². The minimum absolute atomic E-state index is 0.0390. The van der Waals surface area contributed by atoms with Crippen LogP contribution in [0.2, 0.25) is 0 Å². The van der Waals surface area contributed by atoms with Crippen LogP contribution < -0.4 is 11.5 Å². The van der Waals surface area contributed by atoms with Crippen molar-refractivity contribution in [3.63, 3.8) is 0 Å². The van der Waals surface area contributed by atoms with Crippen molar-refractivity contribution in [3.8, 4) is 5.75 Å². The molecule has 0 amide bonds. The average Bonchev–Trinajstić information content (AvgIpc) is 3.00. The molecule has 1 atom stereocenters. The van der Waals surface area contributed by atoms with Crippen LogP contribution in [0.5, 0.6) is 5.75 Å². The van der Waals surface area contributed by atoms with Gasteiger partial charge in [-0.15, -0.1) is 5.11 Å². The molecule has 0 aromatic heterocycles. The van der Waals surface area contributed by atoms with Crippen molar-refractivity contribution in [2.75, 3.05) is 5.73 Å². The van der Waals surface area contributed by atoms with E-state index in [-0.39, 0.29) is 32.8 Å². The minimum atomic E-state index is -5.09. The first-order chi connectivity index (χ1) is 21.8. The molecule has 0 heterocycles. The van der Waals surface area contributed by atoms with Crippen LogP contribution in [0.25, 0.3) is 10.8 Å². The van der Waals surface area contributed by atoms with Gasteiger partial charge in [0.2, 0.25) is 0 Å². The van der Waals surface area contributed by atoms with E-state index in [1.165, 1.54) is 43.3 Å². The number of benzene rings is 4. The number of anilines is 1. The molecule has 7 N–H and O–H groups in total. The van der Waals surface area contributed by atoms with Gasteiger partial charge in [0.15, 0.2) is 15.6 Å². The lowest BCUT2D eigenvalue weighted by Crippen LogP contribution is -2.18. The van der Waals surface area contributed by atoms with E-state index < -0.39 is 75.1 Å². The van der Waals surface area contributed by atoms with E-state index in [1.807, 2.05) is 0 Å². The minimum Gasteiger partial charge on any atom is -0.507 e. The molecular formula is C28H26N6O10S3. The third-order valence-electron chi connectivity index (χ3n) is 6.75. The molecule has 16 nitrogen and oxygen atoms in total. The molecule has 4 rings (SSSR count). The van der Waals surface area contributed by atoms with Gasteiger partial charge in [0.1, 0.15) is 21.2 Å². The largest absolute Gasteiger partial charge is 0.507 e. The van der Waals surface area contributed by atoms with Crippen molar-refractivity contribution in [1.82, 2.24) is 0 Å². The van der Waals surface area contributed by atoms with Crippen LogP contribution in [0.15, 0.2) is 108 Å². The molecule has 0 aliphatic heterocycles. The summed E-state index contributed by atoms with van der Waals surface area (Å²) in [7, 11) is -13.9. The van der Waals surface area contributed by atoms with E-state index in [0.29, 0.717) is 5.56 Å². The van der Waals surface area contributed by atoms with E-state index in [1.54, 1.807) is 12.1 Å². The number of sulfone groups is 1. The quantitative estimate of drug-likeness (QED) is 0.0798. The number of nitrogens with two attached hydrogens (primary N) is 2. The van der Waals surface area contributed by atoms with Gasteiger partial charge >= 0.3 is 0 Å². The molecule has 0 radical (unpaired) electrons. The first-order valence-electron chi connectivity index (χ1n) is 13.0. The standard InChI is InChI=1S/C28H26N6O10S3/c1-3-45(37,38)20-10-8-19(9-11-20)33-34-27-23(47(42,43)44)13-17-12-22(46(39,40)41)21(28(36)24(17)26(27)30)14-31-32-18-6-4-16(5-7-18)25(29)15(2)35/h3-13,25,36H,1,14,29-30H2,2H3,(H,39,40,41)(H,42,43,44). The summed E-state index contributed by atoms with van der Waals surface area (Å²) in [6.45, 7) is 3.95. The summed E-state index contributed by atoms with van der Waals surface area (Å²) in [5.74, 6) is -1.08. The topological polar surface area (TPSA) is 282 Å². The lowest BCUT2D eigenvalue weighted by molar-refractivity contribution is -0.118. The van der Waals surface area contributed by atoms with Crippen LogP contribution in [0, 0.1) is 0 Å². The number of rotatable bonds is 11. The number of carbonyl (C=O) groups excluding carboxylic acids is 1. The molecule has 4 aromatic rings. The molecular weight excluding hydrogens is 677 g/mol. The number of nitrogen functional groups attached to an aromatic ring is 1. The van der Waals surface area contributed by atoms with Crippen molar-refractivity contribution in [1.29, 1.82) is 0 Å². The Labute approximate surface area is 268 Å². The fourth-order valence-corrected chi connectivity index (χ4v) is 6.45. The predicted molar refractivity (Wildman–Crippen MR) is 170 cm³/mol. The second kappa shape index (κ2) is 13.1. The number of carbonyl (C=O) groups is 1. The van der Waals surface area contributed by atoms with Crippen LogP contribution in [0.4, 0.5) is 22.7 Å². The number of phenols is 1. The van der Waals surface area contributed by atoms with Crippen LogP contribution in [-0.4, -0.2) is 45.2 Å². The Hall–Kier alpha value is -4.92. The van der Waals surface area contributed by atoms with Crippen molar-refractivity contribution in [3.05, 3.63) is 83.8 Å². The van der Waals surface area contributed by atoms with Gasteiger partial charge in [-0.3, -0.25) is 13.9 Å².